The first-order valence-electron chi connectivity index (χ1n) is 8.89. The topological polar surface area (TPSA) is 39.1 Å². The molecule has 1 spiro atoms. The highest BCUT2D eigenvalue weighted by molar-refractivity contribution is 5.73. The number of nitrogens with one attached hydrogen (secondary N) is 1. The summed E-state index contributed by atoms with van der Waals surface area (Å²) < 4.78 is 0. The molecule has 0 amide bonds. The van der Waals surface area contributed by atoms with Gasteiger partial charge in [-0.1, -0.05) is 43.5 Å². The Kier molecular flexibility index (Phi) is 3.90. The average molecular weight is 317 g/mol. The van der Waals surface area contributed by atoms with Gasteiger partial charge in [0.1, 0.15) is 0 Å². The van der Waals surface area contributed by atoms with E-state index in [2.05, 4.69) is 46.6 Å². The smallest absolute Gasteiger partial charge is 0.0991 e. The summed E-state index contributed by atoms with van der Waals surface area (Å²) in [4.78, 5) is 2.49. The molecule has 2 aromatic rings. The van der Waals surface area contributed by atoms with E-state index in [0.717, 1.165) is 18.7 Å². The van der Waals surface area contributed by atoms with Crippen LogP contribution in [0.2, 0.25) is 0 Å². The molecule has 1 heterocycles. The van der Waals surface area contributed by atoms with Crippen molar-refractivity contribution in [3.8, 4) is 6.07 Å². The summed E-state index contributed by atoms with van der Waals surface area (Å²) >= 11 is 0. The molecular weight excluding hydrogens is 294 g/mol. The maximum atomic E-state index is 9.15. The Labute approximate surface area is 143 Å². The Morgan fingerprint density at radius 2 is 1.88 bits per heavy atom. The zero-order valence-corrected chi connectivity index (χ0v) is 14.0. The van der Waals surface area contributed by atoms with Crippen molar-refractivity contribution in [1.29, 1.82) is 5.26 Å². The normalized spacial score (nSPS) is 18.5. The van der Waals surface area contributed by atoms with Gasteiger partial charge in [0.15, 0.2) is 0 Å². The number of para-hydroxylation sites is 2. The lowest BCUT2D eigenvalue weighted by Crippen LogP contribution is -2.53. The lowest BCUT2D eigenvalue weighted by atomic mass is 9.79. The van der Waals surface area contributed by atoms with E-state index in [0.29, 0.717) is 0 Å². The monoisotopic (exact) mass is 317 g/mol. The van der Waals surface area contributed by atoms with Crippen LogP contribution >= 0.6 is 0 Å². The maximum absolute atomic E-state index is 9.15. The van der Waals surface area contributed by atoms with Gasteiger partial charge in [0.05, 0.1) is 28.5 Å². The van der Waals surface area contributed by atoms with Crippen molar-refractivity contribution < 1.29 is 0 Å². The molecule has 1 saturated carbocycles. The van der Waals surface area contributed by atoms with E-state index in [4.69, 9.17) is 5.26 Å². The van der Waals surface area contributed by atoms with Crippen LogP contribution in [-0.4, -0.2) is 12.1 Å². The van der Waals surface area contributed by atoms with E-state index in [9.17, 15) is 0 Å². The summed E-state index contributed by atoms with van der Waals surface area (Å²) in [5.41, 5.74) is 4.68. The van der Waals surface area contributed by atoms with Crippen LogP contribution in [0.4, 0.5) is 11.4 Å². The fourth-order valence-corrected chi connectivity index (χ4v) is 4.24. The first kappa shape index (κ1) is 15.1. The number of benzene rings is 2. The molecule has 2 aliphatic rings. The number of fused-ring (bicyclic) bond motifs is 1. The Bertz CT molecular complexity index is 769. The molecule has 1 aliphatic heterocycles. The Morgan fingerprint density at radius 1 is 1.04 bits per heavy atom. The molecule has 24 heavy (non-hydrogen) atoms. The first-order valence-corrected chi connectivity index (χ1v) is 8.89. The molecule has 3 nitrogen and oxygen atoms in total. The molecule has 3 heteroatoms. The van der Waals surface area contributed by atoms with Crippen molar-refractivity contribution in [2.24, 2.45) is 0 Å². The molecule has 0 atom stereocenters. The standard InChI is InChI=1S/C21H23N3/c22-14-17-7-6-8-18(13-17)15-24-16-21(11-4-1-5-12-21)23-19-9-2-3-10-20(19)24/h2-3,6-10,13,23H,1,4-5,11-12,15-16H2. The number of rotatable bonds is 2. The zero-order valence-electron chi connectivity index (χ0n) is 14.0. The third kappa shape index (κ3) is 2.85. The Morgan fingerprint density at radius 3 is 2.71 bits per heavy atom. The summed E-state index contributed by atoms with van der Waals surface area (Å²) in [7, 11) is 0. The van der Waals surface area contributed by atoms with E-state index in [1.54, 1.807) is 0 Å². The number of hydrogen-bond donors (Lipinski definition) is 1. The molecule has 0 unspecified atom stereocenters. The van der Waals surface area contributed by atoms with Crippen molar-refractivity contribution in [3.63, 3.8) is 0 Å². The van der Waals surface area contributed by atoms with E-state index in [1.165, 1.54) is 49.0 Å². The summed E-state index contributed by atoms with van der Waals surface area (Å²) in [5, 5.41) is 13.0. The third-order valence-corrected chi connectivity index (χ3v) is 5.38. The summed E-state index contributed by atoms with van der Waals surface area (Å²) in [6.07, 6.45) is 6.47. The number of nitrogens with zero attached hydrogens (tertiary/aromatic N) is 2. The molecule has 1 N–H and O–H groups in total. The first-order chi connectivity index (χ1) is 11.8. The highest BCUT2D eigenvalue weighted by Crippen LogP contribution is 2.41. The van der Waals surface area contributed by atoms with Crippen LogP contribution in [0.3, 0.4) is 0 Å². The zero-order chi connectivity index (χ0) is 16.4. The molecule has 0 aromatic heterocycles. The van der Waals surface area contributed by atoms with Crippen LogP contribution in [0.15, 0.2) is 48.5 Å². The van der Waals surface area contributed by atoms with Gasteiger partial charge >= 0.3 is 0 Å². The minimum atomic E-state index is 0.208. The maximum Gasteiger partial charge on any atom is 0.0991 e. The molecular formula is C21H23N3. The largest absolute Gasteiger partial charge is 0.376 e. The van der Waals surface area contributed by atoms with Gasteiger partial charge in [-0.3, -0.25) is 0 Å². The van der Waals surface area contributed by atoms with Gasteiger partial charge in [-0.05, 0) is 42.7 Å². The molecule has 0 radical (unpaired) electrons. The van der Waals surface area contributed by atoms with Crippen molar-refractivity contribution in [1.82, 2.24) is 0 Å². The van der Waals surface area contributed by atoms with Crippen LogP contribution in [0.25, 0.3) is 0 Å². The minimum absolute atomic E-state index is 0.208. The number of nitriles is 1. The molecule has 0 bridgehead atoms. The third-order valence-electron chi connectivity index (χ3n) is 5.38. The van der Waals surface area contributed by atoms with Crippen molar-refractivity contribution in [3.05, 3.63) is 59.7 Å². The van der Waals surface area contributed by atoms with Gasteiger partial charge in [-0.2, -0.15) is 5.26 Å². The van der Waals surface area contributed by atoms with Crippen molar-refractivity contribution >= 4 is 11.4 Å². The van der Waals surface area contributed by atoms with Gasteiger partial charge in [0.2, 0.25) is 0 Å². The highest BCUT2D eigenvalue weighted by atomic mass is 15.2. The minimum Gasteiger partial charge on any atom is -0.376 e. The Hall–Kier alpha value is -2.47. The average Bonchev–Trinajstić information content (AvgIpc) is 2.62. The SMILES string of the molecule is N#Cc1cccc(CN2CC3(CCCCC3)Nc3ccccc32)c1. The van der Waals surface area contributed by atoms with Crippen LogP contribution in [-0.2, 0) is 6.54 Å². The van der Waals surface area contributed by atoms with E-state index in [1.807, 2.05) is 18.2 Å². The van der Waals surface area contributed by atoms with E-state index in [-0.39, 0.29) is 5.54 Å². The number of hydrogen-bond acceptors (Lipinski definition) is 3. The lowest BCUT2D eigenvalue weighted by Gasteiger charge is -2.48. The highest BCUT2D eigenvalue weighted by Gasteiger charge is 2.38. The molecule has 4 rings (SSSR count). The van der Waals surface area contributed by atoms with Gasteiger partial charge < -0.3 is 10.2 Å². The molecule has 122 valence electrons. The molecule has 1 fully saturated rings. The van der Waals surface area contributed by atoms with Crippen LogP contribution < -0.4 is 10.2 Å². The van der Waals surface area contributed by atoms with E-state index < -0.39 is 0 Å². The van der Waals surface area contributed by atoms with Crippen LogP contribution in [0.5, 0.6) is 0 Å². The van der Waals surface area contributed by atoms with E-state index >= 15 is 0 Å². The molecule has 1 aliphatic carbocycles. The van der Waals surface area contributed by atoms with Crippen LogP contribution in [0, 0.1) is 11.3 Å². The Balaban J connectivity index is 1.66. The molecule has 2 aromatic carbocycles. The molecule has 0 saturated heterocycles. The van der Waals surface area contributed by atoms with Gasteiger partial charge in [-0.25, -0.2) is 0 Å². The second kappa shape index (κ2) is 6.20. The van der Waals surface area contributed by atoms with Crippen LogP contribution in [0.1, 0.15) is 43.2 Å². The lowest BCUT2D eigenvalue weighted by molar-refractivity contribution is 0.318. The van der Waals surface area contributed by atoms with Gasteiger partial charge in [0.25, 0.3) is 0 Å². The van der Waals surface area contributed by atoms with Crippen molar-refractivity contribution in [2.45, 2.75) is 44.2 Å². The van der Waals surface area contributed by atoms with Gasteiger partial charge in [0, 0.05) is 13.1 Å². The second-order valence-corrected chi connectivity index (χ2v) is 7.15. The fraction of sp³-hybridized carbons (Fsp3) is 0.381. The summed E-state index contributed by atoms with van der Waals surface area (Å²) in [6.45, 7) is 1.90. The number of anilines is 2. The summed E-state index contributed by atoms with van der Waals surface area (Å²) in [5.74, 6) is 0. The van der Waals surface area contributed by atoms with Crippen molar-refractivity contribution in [2.75, 3.05) is 16.8 Å². The predicted octanol–water partition coefficient (Wildman–Crippen LogP) is 4.69. The fourth-order valence-electron chi connectivity index (χ4n) is 4.24. The van der Waals surface area contributed by atoms with Gasteiger partial charge in [-0.15, -0.1) is 0 Å². The summed E-state index contributed by atoms with van der Waals surface area (Å²) in [6, 6.07) is 18.9. The second-order valence-electron chi connectivity index (χ2n) is 7.15. The predicted molar refractivity (Wildman–Crippen MR) is 98.1 cm³/mol. The quantitative estimate of drug-likeness (QED) is 0.873.